The van der Waals surface area contributed by atoms with Gasteiger partial charge >= 0.3 is 0 Å². The second-order valence-electron chi connectivity index (χ2n) is 7.16. The van der Waals surface area contributed by atoms with Crippen molar-refractivity contribution in [3.05, 3.63) is 23.2 Å². The van der Waals surface area contributed by atoms with Crippen molar-refractivity contribution >= 4 is 17.6 Å². The minimum absolute atomic E-state index is 0.725. The van der Waals surface area contributed by atoms with Crippen LogP contribution in [0.15, 0.2) is 16.9 Å². The third-order valence-corrected chi connectivity index (χ3v) is 5.40. The molecule has 2 heterocycles. The molecule has 1 aliphatic carbocycles. The Bertz CT molecular complexity index is 625. The number of aryl methyl sites for hydroxylation is 1. The Morgan fingerprint density at radius 2 is 2.00 bits per heavy atom. The fourth-order valence-electron chi connectivity index (χ4n) is 3.97. The lowest BCUT2D eigenvalue weighted by Crippen LogP contribution is -2.36. The molecular weight excluding hydrogens is 296 g/mol. The summed E-state index contributed by atoms with van der Waals surface area (Å²) < 4.78 is 0. The van der Waals surface area contributed by atoms with Crippen molar-refractivity contribution in [3.8, 4) is 0 Å². The van der Waals surface area contributed by atoms with Crippen molar-refractivity contribution in [2.75, 3.05) is 24.5 Å². The van der Waals surface area contributed by atoms with Gasteiger partial charge in [0.15, 0.2) is 0 Å². The molecule has 0 N–H and O–H groups in total. The fourth-order valence-corrected chi connectivity index (χ4v) is 3.97. The molecule has 1 aromatic rings. The van der Waals surface area contributed by atoms with Crippen molar-refractivity contribution in [2.24, 2.45) is 10.9 Å². The number of hydrogen-bond donors (Lipinski definition) is 0. The van der Waals surface area contributed by atoms with E-state index >= 15 is 0 Å². The van der Waals surface area contributed by atoms with E-state index in [0.717, 1.165) is 43.5 Å². The quantitative estimate of drug-likeness (QED) is 0.751. The number of hydrogen-bond acceptors (Lipinski definition) is 4. The van der Waals surface area contributed by atoms with Gasteiger partial charge in [0.1, 0.15) is 12.1 Å². The molecule has 1 saturated heterocycles. The molecule has 0 amide bonds. The summed E-state index contributed by atoms with van der Waals surface area (Å²) in [7, 11) is 0. The molecule has 0 spiro atoms. The van der Waals surface area contributed by atoms with E-state index in [9.17, 15) is 0 Å². The van der Waals surface area contributed by atoms with Crippen molar-refractivity contribution in [1.29, 1.82) is 0 Å². The van der Waals surface area contributed by atoms with Crippen LogP contribution in [0.1, 0.15) is 63.6 Å². The summed E-state index contributed by atoms with van der Waals surface area (Å²) in [5.41, 5.74) is 5.47. The Balaban J connectivity index is 1.76. The number of aliphatic imine (C=N–C) groups is 1. The molecule has 24 heavy (non-hydrogen) atoms. The Kier molecular flexibility index (Phi) is 5.64. The van der Waals surface area contributed by atoms with E-state index in [1.54, 1.807) is 6.33 Å². The molecule has 3 rings (SSSR count). The van der Waals surface area contributed by atoms with E-state index in [-0.39, 0.29) is 0 Å². The zero-order chi connectivity index (χ0) is 16.9. The monoisotopic (exact) mass is 326 g/mol. The van der Waals surface area contributed by atoms with Crippen LogP contribution in [0.4, 0.5) is 5.82 Å². The van der Waals surface area contributed by atoms with E-state index in [1.165, 1.54) is 48.8 Å². The first-order valence-corrected chi connectivity index (χ1v) is 9.44. The Morgan fingerprint density at radius 1 is 1.21 bits per heavy atom. The van der Waals surface area contributed by atoms with Crippen LogP contribution < -0.4 is 4.90 Å². The molecule has 0 saturated carbocycles. The molecule has 1 aromatic heterocycles. The normalized spacial score (nSPS) is 19.7. The zero-order valence-corrected chi connectivity index (χ0v) is 15.4. The molecule has 4 nitrogen and oxygen atoms in total. The van der Waals surface area contributed by atoms with E-state index in [4.69, 9.17) is 4.98 Å². The molecule has 0 bridgehead atoms. The average molecular weight is 326 g/mol. The summed E-state index contributed by atoms with van der Waals surface area (Å²) in [6.07, 6.45) is 10.9. The summed E-state index contributed by atoms with van der Waals surface area (Å²) in [6, 6.07) is 0. The summed E-state index contributed by atoms with van der Waals surface area (Å²) in [6.45, 7) is 9.71. The summed E-state index contributed by atoms with van der Waals surface area (Å²) in [5.74, 6) is 1.89. The first kappa shape index (κ1) is 17.1. The molecule has 4 heteroatoms. The second-order valence-corrected chi connectivity index (χ2v) is 7.16. The molecule has 0 atom stereocenters. The lowest BCUT2D eigenvalue weighted by Gasteiger charge is -2.33. The van der Waals surface area contributed by atoms with Crippen LogP contribution in [-0.4, -0.2) is 35.8 Å². The standard InChI is InChI=1S/C20H30N4/c1-4-10-21-13-17-8-11-24(12-9-17)20-19(16(3)22-14-23-20)18-7-5-6-15(18)2/h10,14,17H,4-9,11-13H2,1-3H3. The van der Waals surface area contributed by atoms with Gasteiger partial charge in [0, 0.05) is 25.2 Å². The first-order valence-electron chi connectivity index (χ1n) is 9.44. The summed E-state index contributed by atoms with van der Waals surface area (Å²) in [4.78, 5) is 16.2. The molecular formula is C20H30N4. The SMILES string of the molecule is CCC=NCC1CCN(c2ncnc(C)c2C2=C(C)CCC2)CC1. The lowest BCUT2D eigenvalue weighted by atomic mass is 9.95. The molecule has 0 aromatic carbocycles. The van der Waals surface area contributed by atoms with Gasteiger partial charge in [-0.15, -0.1) is 0 Å². The largest absolute Gasteiger partial charge is 0.356 e. The van der Waals surface area contributed by atoms with Crippen molar-refractivity contribution in [2.45, 2.75) is 59.3 Å². The minimum atomic E-state index is 0.725. The maximum atomic E-state index is 4.69. The predicted octanol–water partition coefficient (Wildman–Crippen LogP) is 4.44. The van der Waals surface area contributed by atoms with Crippen LogP contribution in [0.3, 0.4) is 0 Å². The van der Waals surface area contributed by atoms with E-state index in [1.807, 2.05) is 6.21 Å². The highest BCUT2D eigenvalue weighted by Crippen LogP contribution is 2.39. The van der Waals surface area contributed by atoms with E-state index in [2.05, 4.69) is 35.6 Å². The second kappa shape index (κ2) is 7.91. The topological polar surface area (TPSA) is 41.4 Å². The van der Waals surface area contributed by atoms with Gasteiger partial charge in [0.2, 0.25) is 0 Å². The molecule has 1 fully saturated rings. The number of allylic oxidation sites excluding steroid dienone is 2. The maximum absolute atomic E-state index is 4.69. The Labute approximate surface area is 146 Å². The van der Waals surface area contributed by atoms with Crippen LogP contribution in [0.5, 0.6) is 0 Å². The van der Waals surface area contributed by atoms with Gasteiger partial charge in [0.25, 0.3) is 0 Å². The molecule has 130 valence electrons. The molecule has 1 aliphatic heterocycles. The summed E-state index contributed by atoms with van der Waals surface area (Å²) in [5, 5.41) is 0. The summed E-state index contributed by atoms with van der Waals surface area (Å²) >= 11 is 0. The number of piperidine rings is 1. The van der Waals surface area contributed by atoms with Gasteiger partial charge in [-0.25, -0.2) is 9.97 Å². The third kappa shape index (κ3) is 3.68. The van der Waals surface area contributed by atoms with Crippen molar-refractivity contribution in [3.63, 3.8) is 0 Å². The third-order valence-electron chi connectivity index (χ3n) is 5.40. The number of aromatic nitrogens is 2. The molecule has 0 radical (unpaired) electrons. The lowest BCUT2D eigenvalue weighted by molar-refractivity contribution is 0.414. The average Bonchev–Trinajstić information content (AvgIpc) is 3.01. The predicted molar refractivity (Wildman–Crippen MR) is 102 cm³/mol. The van der Waals surface area contributed by atoms with E-state index < -0.39 is 0 Å². The van der Waals surface area contributed by atoms with Gasteiger partial charge in [0.05, 0.1) is 5.69 Å². The molecule has 0 unspecified atom stereocenters. The van der Waals surface area contributed by atoms with Crippen LogP contribution >= 0.6 is 0 Å². The number of anilines is 1. The highest BCUT2D eigenvalue weighted by molar-refractivity contribution is 5.79. The maximum Gasteiger partial charge on any atom is 0.139 e. The number of nitrogens with zero attached hydrogens (tertiary/aromatic N) is 4. The minimum Gasteiger partial charge on any atom is -0.356 e. The van der Waals surface area contributed by atoms with Crippen LogP contribution in [0.25, 0.3) is 5.57 Å². The molecule has 2 aliphatic rings. The van der Waals surface area contributed by atoms with E-state index in [0.29, 0.717) is 0 Å². The highest BCUT2D eigenvalue weighted by Gasteiger charge is 2.25. The smallest absolute Gasteiger partial charge is 0.139 e. The van der Waals surface area contributed by atoms with Crippen molar-refractivity contribution < 1.29 is 0 Å². The van der Waals surface area contributed by atoms with Gasteiger partial charge in [-0.2, -0.15) is 0 Å². The van der Waals surface area contributed by atoms with Gasteiger partial charge in [-0.3, -0.25) is 4.99 Å². The highest BCUT2D eigenvalue weighted by atomic mass is 15.2. The van der Waals surface area contributed by atoms with Gasteiger partial charge in [-0.1, -0.05) is 12.5 Å². The van der Waals surface area contributed by atoms with Gasteiger partial charge in [-0.05, 0) is 70.1 Å². The first-order chi connectivity index (χ1) is 11.7. The van der Waals surface area contributed by atoms with Crippen LogP contribution in [-0.2, 0) is 0 Å². The van der Waals surface area contributed by atoms with Crippen molar-refractivity contribution in [1.82, 2.24) is 9.97 Å². The number of rotatable bonds is 5. The van der Waals surface area contributed by atoms with Crippen LogP contribution in [0.2, 0.25) is 0 Å². The van der Waals surface area contributed by atoms with Gasteiger partial charge < -0.3 is 4.90 Å². The Morgan fingerprint density at radius 3 is 2.67 bits per heavy atom. The van der Waals surface area contributed by atoms with Crippen LogP contribution in [0, 0.1) is 12.8 Å². The Hall–Kier alpha value is -1.71. The zero-order valence-electron chi connectivity index (χ0n) is 15.4. The fraction of sp³-hybridized carbons (Fsp3) is 0.650.